The number of carbonyl (C=O) groups is 1. The third-order valence-corrected chi connectivity index (χ3v) is 4.34. The van der Waals surface area contributed by atoms with Crippen LogP contribution in [0.3, 0.4) is 0 Å². The maximum atomic E-state index is 12.4. The number of rotatable bonds is 6. The molecule has 0 aliphatic carbocycles. The van der Waals surface area contributed by atoms with Crippen LogP contribution in [0, 0.1) is 10.1 Å². The second kappa shape index (κ2) is 8.50. The number of ether oxygens (including phenoxy) is 1. The van der Waals surface area contributed by atoms with E-state index in [4.69, 9.17) is 4.74 Å². The summed E-state index contributed by atoms with van der Waals surface area (Å²) in [7, 11) is 0. The molecule has 2 N–H and O–H groups in total. The number of nitro benzene ring substituents is 1. The molecule has 3 rings (SSSR count). The Kier molecular flexibility index (Phi) is 5.87. The van der Waals surface area contributed by atoms with Crippen molar-refractivity contribution in [1.29, 1.82) is 0 Å². The number of nitrogens with zero attached hydrogens (tertiary/aromatic N) is 2. The van der Waals surface area contributed by atoms with Crippen LogP contribution >= 0.6 is 0 Å². The quantitative estimate of drug-likeness (QED) is 0.599. The molecule has 0 saturated carbocycles. The number of hydrogen-bond donors (Lipinski definition) is 2. The Bertz CT molecular complexity index is 804. The van der Waals surface area contributed by atoms with Gasteiger partial charge in [-0.15, -0.1) is 0 Å². The summed E-state index contributed by atoms with van der Waals surface area (Å²) in [6, 6.07) is 13.2. The van der Waals surface area contributed by atoms with Crippen LogP contribution in [0.15, 0.2) is 48.5 Å². The van der Waals surface area contributed by atoms with Gasteiger partial charge in [-0.3, -0.25) is 14.9 Å². The minimum atomic E-state index is -0.550. The molecule has 8 heteroatoms. The van der Waals surface area contributed by atoms with Crippen LogP contribution in [0.4, 0.5) is 22.7 Å². The van der Waals surface area contributed by atoms with Gasteiger partial charge >= 0.3 is 0 Å². The zero-order valence-corrected chi connectivity index (χ0v) is 15.1. The van der Waals surface area contributed by atoms with E-state index in [1.54, 1.807) is 19.1 Å². The topological polar surface area (TPSA) is 96.7 Å². The largest absolute Gasteiger partial charge is 0.378 e. The molecule has 0 unspecified atom stereocenters. The van der Waals surface area contributed by atoms with Crippen LogP contribution in [0.2, 0.25) is 0 Å². The lowest BCUT2D eigenvalue weighted by molar-refractivity contribution is -0.384. The van der Waals surface area contributed by atoms with Crippen molar-refractivity contribution in [2.75, 3.05) is 41.8 Å². The van der Waals surface area contributed by atoms with Gasteiger partial charge < -0.3 is 20.3 Å². The molecule has 1 aliphatic rings. The molecule has 1 atom stereocenters. The highest BCUT2D eigenvalue weighted by Crippen LogP contribution is 2.20. The van der Waals surface area contributed by atoms with Gasteiger partial charge in [0.1, 0.15) is 6.04 Å². The van der Waals surface area contributed by atoms with Crippen LogP contribution in [-0.2, 0) is 9.53 Å². The monoisotopic (exact) mass is 370 g/mol. The molecule has 1 fully saturated rings. The number of morpholine rings is 1. The van der Waals surface area contributed by atoms with Crippen molar-refractivity contribution >= 4 is 28.7 Å². The minimum absolute atomic E-state index is 0.0219. The third-order valence-electron chi connectivity index (χ3n) is 4.34. The summed E-state index contributed by atoms with van der Waals surface area (Å²) < 4.78 is 5.35. The van der Waals surface area contributed by atoms with Crippen molar-refractivity contribution < 1.29 is 14.5 Å². The zero-order chi connectivity index (χ0) is 19.2. The van der Waals surface area contributed by atoms with Crippen LogP contribution in [0.5, 0.6) is 0 Å². The van der Waals surface area contributed by atoms with E-state index in [9.17, 15) is 14.9 Å². The summed E-state index contributed by atoms with van der Waals surface area (Å²) in [4.78, 5) is 25.0. The highest BCUT2D eigenvalue weighted by molar-refractivity contribution is 5.96. The smallest absolute Gasteiger partial charge is 0.271 e. The van der Waals surface area contributed by atoms with E-state index in [2.05, 4.69) is 15.5 Å². The highest BCUT2D eigenvalue weighted by atomic mass is 16.6. The fourth-order valence-electron chi connectivity index (χ4n) is 2.85. The van der Waals surface area contributed by atoms with Gasteiger partial charge in [0.25, 0.3) is 5.69 Å². The van der Waals surface area contributed by atoms with Gasteiger partial charge in [0, 0.05) is 42.3 Å². The molecule has 0 aromatic heterocycles. The first kappa shape index (κ1) is 18.7. The Balaban J connectivity index is 1.57. The minimum Gasteiger partial charge on any atom is -0.378 e. The lowest BCUT2D eigenvalue weighted by atomic mass is 10.2. The van der Waals surface area contributed by atoms with E-state index in [0.29, 0.717) is 11.4 Å². The predicted molar refractivity (Wildman–Crippen MR) is 104 cm³/mol. The predicted octanol–water partition coefficient (Wildman–Crippen LogP) is 2.87. The van der Waals surface area contributed by atoms with Crippen molar-refractivity contribution in [3.63, 3.8) is 0 Å². The van der Waals surface area contributed by atoms with E-state index in [0.717, 1.165) is 32.0 Å². The number of anilines is 3. The summed E-state index contributed by atoms with van der Waals surface area (Å²) in [5, 5.41) is 16.7. The number of nitro groups is 1. The lowest BCUT2D eigenvalue weighted by Gasteiger charge is -2.29. The number of nitrogens with one attached hydrogen (secondary N) is 2. The molecule has 1 amide bonds. The van der Waals surface area contributed by atoms with E-state index in [1.165, 1.54) is 12.1 Å². The third kappa shape index (κ3) is 4.95. The zero-order valence-electron chi connectivity index (χ0n) is 15.1. The molecule has 0 radical (unpaired) electrons. The van der Waals surface area contributed by atoms with E-state index < -0.39 is 11.0 Å². The molecular formula is C19H22N4O4. The van der Waals surface area contributed by atoms with E-state index in [1.807, 2.05) is 24.3 Å². The Morgan fingerprint density at radius 3 is 2.52 bits per heavy atom. The average molecular weight is 370 g/mol. The van der Waals surface area contributed by atoms with Crippen molar-refractivity contribution in [2.24, 2.45) is 0 Å². The second-order valence-electron chi connectivity index (χ2n) is 6.31. The number of non-ortho nitro benzene ring substituents is 1. The van der Waals surface area contributed by atoms with Gasteiger partial charge in [0.2, 0.25) is 5.91 Å². The fourth-order valence-corrected chi connectivity index (χ4v) is 2.85. The molecule has 2 aromatic rings. The van der Waals surface area contributed by atoms with Crippen LogP contribution in [0.1, 0.15) is 6.92 Å². The summed E-state index contributed by atoms with van der Waals surface area (Å²) in [5.41, 5.74) is 2.30. The first-order chi connectivity index (χ1) is 13.0. The Morgan fingerprint density at radius 1 is 1.15 bits per heavy atom. The Morgan fingerprint density at radius 2 is 1.85 bits per heavy atom. The molecule has 27 heavy (non-hydrogen) atoms. The van der Waals surface area contributed by atoms with Crippen molar-refractivity contribution in [3.8, 4) is 0 Å². The van der Waals surface area contributed by atoms with Gasteiger partial charge in [0.15, 0.2) is 0 Å². The SMILES string of the molecule is C[C@H](Nc1cccc([N+](=O)[O-])c1)C(=O)Nc1ccc(N2CCOCC2)cc1. The average Bonchev–Trinajstić information content (AvgIpc) is 2.69. The summed E-state index contributed by atoms with van der Waals surface area (Å²) in [6.07, 6.45) is 0. The lowest BCUT2D eigenvalue weighted by Crippen LogP contribution is -2.36. The standard InChI is InChI=1S/C19H22N4O4/c1-14(20-16-3-2-4-18(13-16)23(25)26)19(24)21-15-5-7-17(8-6-15)22-9-11-27-12-10-22/h2-8,13-14,20H,9-12H2,1H3,(H,21,24)/t14-/m0/s1. The Hall–Kier alpha value is -3.13. The number of hydrogen-bond acceptors (Lipinski definition) is 6. The van der Waals surface area contributed by atoms with Crippen molar-refractivity contribution in [3.05, 3.63) is 58.6 Å². The molecule has 1 aliphatic heterocycles. The van der Waals surface area contributed by atoms with Crippen molar-refractivity contribution in [2.45, 2.75) is 13.0 Å². The van der Waals surface area contributed by atoms with E-state index in [-0.39, 0.29) is 11.6 Å². The molecule has 0 spiro atoms. The number of carbonyl (C=O) groups excluding carboxylic acids is 1. The molecular weight excluding hydrogens is 348 g/mol. The van der Waals surface area contributed by atoms with Gasteiger partial charge in [-0.05, 0) is 37.3 Å². The maximum absolute atomic E-state index is 12.4. The first-order valence-electron chi connectivity index (χ1n) is 8.77. The summed E-state index contributed by atoms with van der Waals surface area (Å²) in [5.74, 6) is -0.222. The van der Waals surface area contributed by atoms with Gasteiger partial charge in [-0.1, -0.05) is 6.07 Å². The number of amides is 1. The van der Waals surface area contributed by atoms with Gasteiger partial charge in [-0.2, -0.15) is 0 Å². The summed E-state index contributed by atoms with van der Waals surface area (Å²) >= 11 is 0. The number of benzene rings is 2. The highest BCUT2D eigenvalue weighted by Gasteiger charge is 2.15. The molecule has 142 valence electrons. The first-order valence-corrected chi connectivity index (χ1v) is 8.77. The molecule has 8 nitrogen and oxygen atoms in total. The molecule has 2 aromatic carbocycles. The Labute approximate surface area is 157 Å². The second-order valence-corrected chi connectivity index (χ2v) is 6.31. The molecule has 1 heterocycles. The maximum Gasteiger partial charge on any atom is 0.271 e. The van der Waals surface area contributed by atoms with Gasteiger partial charge in [-0.25, -0.2) is 0 Å². The fraction of sp³-hybridized carbons (Fsp3) is 0.316. The van der Waals surface area contributed by atoms with Crippen LogP contribution < -0.4 is 15.5 Å². The van der Waals surface area contributed by atoms with Gasteiger partial charge in [0.05, 0.1) is 18.1 Å². The van der Waals surface area contributed by atoms with E-state index >= 15 is 0 Å². The molecule has 0 bridgehead atoms. The normalized spacial score (nSPS) is 15.1. The molecule has 1 saturated heterocycles. The summed E-state index contributed by atoms with van der Waals surface area (Å²) in [6.45, 7) is 4.86. The van der Waals surface area contributed by atoms with Crippen LogP contribution in [0.25, 0.3) is 0 Å². The van der Waals surface area contributed by atoms with Crippen LogP contribution in [-0.4, -0.2) is 43.2 Å². The van der Waals surface area contributed by atoms with Crippen molar-refractivity contribution in [1.82, 2.24) is 0 Å².